The SMILES string of the molecule is C=CCNC(=O)C(=O)C(CC1CCC1)NC(=O)[C@@H]1C[C@@H](OC(=O)N2CCc3ccccc3C2)CN1C(=O)[C@@H](NC(=O)N[C@H](C(=O)C1CC1)C(C)(C)C)C(C)(C)C. The van der Waals surface area contributed by atoms with Crippen molar-refractivity contribution in [2.75, 3.05) is 19.6 Å². The first kappa shape index (κ1) is 42.4. The number of Topliss-reactive ketones (excluding diaryl/α,β-unsaturated/α-hetero) is 2. The first-order valence-corrected chi connectivity index (χ1v) is 20.0. The van der Waals surface area contributed by atoms with Crippen LogP contribution in [0.25, 0.3) is 0 Å². The molecular formula is C42H60N6O8. The van der Waals surface area contributed by atoms with Gasteiger partial charge in [0, 0.05) is 32.0 Å². The Morgan fingerprint density at radius 1 is 0.893 bits per heavy atom. The molecule has 56 heavy (non-hydrogen) atoms. The zero-order valence-electron chi connectivity index (χ0n) is 33.8. The number of rotatable bonds is 14. The van der Waals surface area contributed by atoms with Crippen LogP contribution < -0.4 is 21.3 Å². The molecule has 6 amide bonds. The van der Waals surface area contributed by atoms with E-state index in [2.05, 4.69) is 27.8 Å². The van der Waals surface area contributed by atoms with Crippen molar-refractivity contribution >= 4 is 41.4 Å². The molecule has 1 unspecified atom stereocenters. The van der Waals surface area contributed by atoms with Gasteiger partial charge >= 0.3 is 12.1 Å². The number of urea groups is 1. The Morgan fingerprint density at radius 3 is 2.12 bits per heavy atom. The predicted molar refractivity (Wildman–Crippen MR) is 209 cm³/mol. The second-order valence-electron chi connectivity index (χ2n) is 18.0. The van der Waals surface area contributed by atoms with Gasteiger partial charge in [-0.3, -0.25) is 24.0 Å². The number of ether oxygens (including phenoxy) is 1. The molecule has 2 aliphatic carbocycles. The minimum Gasteiger partial charge on any atom is -0.444 e. The van der Waals surface area contributed by atoms with Gasteiger partial charge < -0.3 is 35.8 Å². The Kier molecular flexibility index (Phi) is 13.3. The summed E-state index contributed by atoms with van der Waals surface area (Å²) in [5, 5.41) is 10.9. The highest BCUT2D eigenvalue weighted by atomic mass is 16.6. The quantitative estimate of drug-likeness (QED) is 0.163. The second kappa shape index (κ2) is 17.6. The Hall–Kier alpha value is -4.75. The van der Waals surface area contributed by atoms with Crippen LogP contribution in [0, 0.1) is 22.7 Å². The van der Waals surface area contributed by atoms with Crippen LogP contribution in [-0.4, -0.2) is 101 Å². The summed E-state index contributed by atoms with van der Waals surface area (Å²) < 4.78 is 5.98. The van der Waals surface area contributed by atoms with Gasteiger partial charge in [0.25, 0.3) is 5.91 Å². The molecule has 5 atom stereocenters. The first-order valence-electron chi connectivity index (χ1n) is 20.0. The molecule has 14 nitrogen and oxygen atoms in total. The van der Waals surface area contributed by atoms with E-state index in [1.165, 1.54) is 11.0 Å². The maximum Gasteiger partial charge on any atom is 0.410 e. The lowest BCUT2D eigenvalue weighted by molar-refractivity contribution is -0.144. The molecule has 14 heteroatoms. The minimum absolute atomic E-state index is 0.0476. The fourth-order valence-corrected chi connectivity index (χ4v) is 7.65. The normalized spacial score (nSPS) is 21.3. The summed E-state index contributed by atoms with van der Waals surface area (Å²) in [6.07, 6.45) is 5.13. The van der Waals surface area contributed by atoms with E-state index < -0.39 is 76.7 Å². The molecule has 2 heterocycles. The van der Waals surface area contributed by atoms with E-state index in [0.29, 0.717) is 19.5 Å². The third-order valence-corrected chi connectivity index (χ3v) is 11.4. The van der Waals surface area contributed by atoms with Crippen molar-refractivity contribution < 1.29 is 38.3 Å². The average molecular weight is 777 g/mol. The van der Waals surface area contributed by atoms with Crippen LogP contribution in [0.15, 0.2) is 36.9 Å². The number of nitrogens with zero attached hydrogens (tertiary/aromatic N) is 2. The molecule has 4 aliphatic rings. The molecule has 306 valence electrons. The highest BCUT2D eigenvalue weighted by Crippen LogP contribution is 2.35. The van der Waals surface area contributed by atoms with Crippen molar-refractivity contribution in [1.29, 1.82) is 0 Å². The van der Waals surface area contributed by atoms with Gasteiger partial charge in [-0.2, -0.15) is 0 Å². The lowest BCUT2D eigenvalue weighted by atomic mass is 9.80. The van der Waals surface area contributed by atoms with Gasteiger partial charge in [-0.05, 0) is 53.6 Å². The van der Waals surface area contributed by atoms with E-state index in [9.17, 15) is 33.6 Å². The smallest absolute Gasteiger partial charge is 0.410 e. The van der Waals surface area contributed by atoms with Crippen molar-refractivity contribution in [3.63, 3.8) is 0 Å². The molecule has 2 saturated carbocycles. The van der Waals surface area contributed by atoms with Gasteiger partial charge in [0.1, 0.15) is 18.2 Å². The summed E-state index contributed by atoms with van der Waals surface area (Å²) in [5.74, 6) is -2.90. The molecular weight excluding hydrogens is 716 g/mol. The van der Waals surface area contributed by atoms with E-state index >= 15 is 0 Å². The number of hydrogen-bond donors (Lipinski definition) is 4. The molecule has 1 saturated heterocycles. The van der Waals surface area contributed by atoms with E-state index in [-0.39, 0.29) is 43.6 Å². The molecule has 1 aromatic carbocycles. The van der Waals surface area contributed by atoms with Crippen molar-refractivity contribution in [3.8, 4) is 0 Å². The van der Waals surface area contributed by atoms with Crippen LogP contribution in [0.3, 0.4) is 0 Å². The molecule has 0 spiro atoms. The third-order valence-electron chi connectivity index (χ3n) is 11.4. The molecule has 0 aromatic heterocycles. The Morgan fingerprint density at radius 2 is 1.54 bits per heavy atom. The summed E-state index contributed by atoms with van der Waals surface area (Å²) in [5.41, 5.74) is 0.723. The zero-order chi connectivity index (χ0) is 40.9. The molecule has 1 aromatic rings. The van der Waals surface area contributed by atoms with Gasteiger partial charge in [-0.25, -0.2) is 9.59 Å². The van der Waals surface area contributed by atoms with Gasteiger partial charge in [-0.15, -0.1) is 6.58 Å². The van der Waals surface area contributed by atoms with E-state index in [1.807, 2.05) is 45.0 Å². The topological polar surface area (TPSA) is 183 Å². The van der Waals surface area contributed by atoms with Gasteiger partial charge in [-0.1, -0.05) is 91.1 Å². The highest BCUT2D eigenvalue weighted by molar-refractivity contribution is 6.38. The summed E-state index contributed by atoms with van der Waals surface area (Å²) in [6.45, 7) is 15.2. The number of benzene rings is 1. The lowest BCUT2D eigenvalue weighted by Gasteiger charge is -2.37. The maximum atomic E-state index is 14.7. The summed E-state index contributed by atoms with van der Waals surface area (Å²) >= 11 is 0. The third kappa shape index (κ3) is 10.5. The lowest BCUT2D eigenvalue weighted by Crippen LogP contribution is -2.62. The van der Waals surface area contributed by atoms with Crippen LogP contribution in [0.4, 0.5) is 9.59 Å². The van der Waals surface area contributed by atoms with Crippen LogP contribution >= 0.6 is 0 Å². The Bertz CT molecular complexity index is 1690. The largest absolute Gasteiger partial charge is 0.444 e. The number of fused-ring (bicyclic) bond motifs is 1. The van der Waals surface area contributed by atoms with Crippen LogP contribution in [0.5, 0.6) is 0 Å². The van der Waals surface area contributed by atoms with Crippen molar-refractivity contribution in [3.05, 3.63) is 48.0 Å². The van der Waals surface area contributed by atoms with Gasteiger partial charge in [0.2, 0.25) is 17.6 Å². The number of ketones is 2. The highest BCUT2D eigenvalue weighted by Gasteiger charge is 2.48. The zero-order valence-corrected chi connectivity index (χ0v) is 33.8. The van der Waals surface area contributed by atoms with Gasteiger partial charge in [0.05, 0.1) is 18.6 Å². The Labute approximate surface area is 330 Å². The number of nitrogens with one attached hydrogen (secondary N) is 4. The molecule has 5 rings (SSSR count). The standard InChI is InChI=1S/C42H60N6O8/c1-8-19-43-37(52)33(50)30(21-25-12-11-13-25)44-36(51)31-22-29(56-40(55)47-20-18-26-14-9-10-15-28(26)23-47)24-48(31)38(53)35(42(5,6)7)46-39(54)45-34(41(2,3)4)32(49)27-16-17-27/h8-10,14-15,25,27,29-31,34-35H,1,11-13,16-24H2,2-7H3,(H,43,52)(H,44,51)(H2,45,46,54)/t29-,30?,31+,34-,35-/m1/s1. The fourth-order valence-electron chi connectivity index (χ4n) is 7.65. The summed E-state index contributed by atoms with van der Waals surface area (Å²) in [6, 6.07) is 2.90. The average Bonchev–Trinajstić information content (AvgIpc) is 3.90. The Balaban J connectivity index is 1.37. The van der Waals surface area contributed by atoms with Crippen LogP contribution in [0.1, 0.15) is 97.6 Å². The summed E-state index contributed by atoms with van der Waals surface area (Å²) in [4.78, 5) is 98.4. The van der Waals surface area contributed by atoms with Crippen molar-refractivity contribution in [2.24, 2.45) is 22.7 Å². The number of amides is 6. The van der Waals surface area contributed by atoms with E-state index in [0.717, 1.165) is 43.2 Å². The maximum absolute atomic E-state index is 14.7. The van der Waals surface area contributed by atoms with Gasteiger partial charge in [0.15, 0.2) is 5.78 Å². The van der Waals surface area contributed by atoms with Crippen molar-refractivity contribution in [1.82, 2.24) is 31.1 Å². The van der Waals surface area contributed by atoms with Crippen LogP contribution in [0.2, 0.25) is 0 Å². The number of carbonyl (C=O) groups excluding carboxylic acids is 7. The molecule has 3 fully saturated rings. The van der Waals surface area contributed by atoms with E-state index in [1.54, 1.807) is 25.7 Å². The number of hydrogen-bond acceptors (Lipinski definition) is 8. The predicted octanol–water partition coefficient (Wildman–Crippen LogP) is 3.80. The molecule has 2 aliphatic heterocycles. The minimum atomic E-state index is -1.19. The molecule has 0 bridgehead atoms. The fraction of sp³-hybridized carbons (Fsp3) is 0.643. The summed E-state index contributed by atoms with van der Waals surface area (Å²) in [7, 11) is 0. The molecule has 4 N–H and O–H groups in total. The number of carbonyl (C=O) groups is 7. The first-order chi connectivity index (χ1) is 26.4. The van der Waals surface area contributed by atoms with Crippen molar-refractivity contribution in [2.45, 2.75) is 130 Å². The van der Waals surface area contributed by atoms with E-state index in [4.69, 9.17) is 4.74 Å². The monoisotopic (exact) mass is 776 g/mol. The second-order valence-corrected chi connectivity index (χ2v) is 18.0. The van der Waals surface area contributed by atoms with Crippen LogP contribution in [-0.2, 0) is 41.7 Å². The molecule has 0 radical (unpaired) electrons. The number of likely N-dealkylation sites (tertiary alicyclic amines) is 1.